The Morgan fingerprint density at radius 2 is 1.76 bits per heavy atom. The van der Waals surface area contributed by atoms with Crippen LogP contribution in [0.5, 0.6) is 5.75 Å². The monoisotopic (exact) mass is 340 g/mol. The van der Waals surface area contributed by atoms with Crippen molar-refractivity contribution in [2.24, 2.45) is 0 Å². The second-order valence-corrected chi connectivity index (χ2v) is 6.35. The van der Waals surface area contributed by atoms with Crippen molar-refractivity contribution < 1.29 is 18.7 Å². The van der Waals surface area contributed by atoms with Crippen molar-refractivity contribution in [3.63, 3.8) is 0 Å². The highest BCUT2D eigenvalue weighted by Crippen LogP contribution is 2.33. The average Bonchev–Trinajstić information content (AvgIpc) is 2.62. The van der Waals surface area contributed by atoms with E-state index in [1.807, 2.05) is 6.07 Å². The summed E-state index contributed by atoms with van der Waals surface area (Å²) >= 11 is 0. The van der Waals surface area contributed by atoms with Gasteiger partial charge in [-0.25, -0.2) is 4.39 Å². The van der Waals surface area contributed by atoms with Crippen molar-refractivity contribution in [1.29, 1.82) is 0 Å². The molecule has 128 valence electrons. The maximum absolute atomic E-state index is 13.0. The Morgan fingerprint density at radius 1 is 1.08 bits per heavy atom. The Labute approximate surface area is 144 Å². The van der Waals surface area contributed by atoms with E-state index in [9.17, 15) is 14.0 Å². The molecule has 0 aliphatic carbocycles. The number of amides is 2. The van der Waals surface area contributed by atoms with E-state index in [0.29, 0.717) is 42.8 Å². The zero-order valence-corrected chi connectivity index (χ0v) is 13.5. The Kier molecular flexibility index (Phi) is 3.67. The lowest BCUT2D eigenvalue weighted by Crippen LogP contribution is -2.61. The Morgan fingerprint density at radius 3 is 2.48 bits per heavy atom. The molecule has 0 atom stereocenters. The van der Waals surface area contributed by atoms with E-state index in [2.05, 4.69) is 5.32 Å². The Hall–Kier alpha value is -2.89. The summed E-state index contributed by atoms with van der Waals surface area (Å²) in [6, 6.07) is 12.7. The first-order chi connectivity index (χ1) is 12.1. The number of ether oxygens (including phenoxy) is 1. The van der Waals surface area contributed by atoms with Crippen molar-refractivity contribution in [2.45, 2.75) is 18.6 Å². The van der Waals surface area contributed by atoms with Gasteiger partial charge in [0.1, 0.15) is 11.6 Å². The molecule has 25 heavy (non-hydrogen) atoms. The smallest absolute Gasteiger partial charge is 0.258 e. The van der Waals surface area contributed by atoms with Gasteiger partial charge in [-0.2, -0.15) is 0 Å². The standard InChI is InChI=1S/C19H17FN2O3/c20-14-7-5-13(6-8-14)18(24)22-11-9-19(10-12-22)21-17(23)15-3-1-2-4-16(15)25-19/h1-8H,9-12H2,(H,21,23). The number of fused-ring (bicyclic) bond motifs is 1. The minimum atomic E-state index is -0.773. The highest BCUT2D eigenvalue weighted by Gasteiger charge is 2.43. The predicted octanol–water partition coefficient (Wildman–Crippen LogP) is 2.58. The fourth-order valence-electron chi connectivity index (χ4n) is 3.33. The summed E-state index contributed by atoms with van der Waals surface area (Å²) in [4.78, 5) is 26.5. The fourth-order valence-corrected chi connectivity index (χ4v) is 3.33. The lowest BCUT2D eigenvalue weighted by molar-refractivity contribution is -0.0245. The van der Waals surface area contributed by atoms with Gasteiger partial charge in [0.15, 0.2) is 5.72 Å². The van der Waals surface area contributed by atoms with E-state index < -0.39 is 5.72 Å². The van der Waals surface area contributed by atoms with E-state index >= 15 is 0 Å². The molecule has 0 bridgehead atoms. The van der Waals surface area contributed by atoms with E-state index in [0.717, 1.165) is 0 Å². The molecule has 1 spiro atoms. The number of rotatable bonds is 1. The van der Waals surface area contributed by atoms with Gasteiger partial charge in [0.05, 0.1) is 5.56 Å². The molecule has 1 saturated heterocycles. The van der Waals surface area contributed by atoms with Gasteiger partial charge in [-0.3, -0.25) is 9.59 Å². The third-order valence-electron chi connectivity index (χ3n) is 4.73. The lowest BCUT2D eigenvalue weighted by atomic mass is 9.96. The SMILES string of the molecule is O=C1NC2(CCN(C(=O)c3ccc(F)cc3)CC2)Oc2ccccc21. The van der Waals surface area contributed by atoms with Crippen LogP contribution in [0.2, 0.25) is 0 Å². The van der Waals surface area contributed by atoms with Crippen LogP contribution in [0.15, 0.2) is 48.5 Å². The van der Waals surface area contributed by atoms with E-state index in [1.165, 1.54) is 24.3 Å². The molecule has 2 aromatic carbocycles. The average molecular weight is 340 g/mol. The summed E-state index contributed by atoms with van der Waals surface area (Å²) in [5.74, 6) is -0.0896. The van der Waals surface area contributed by atoms with Crippen LogP contribution in [-0.4, -0.2) is 35.5 Å². The van der Waals surface area contributed by atoms with Crippen molar-refractivity contribution >= 4 is 11.8 Å². The van der Waals surface area contributed by atoms with Crippen LogP contribution >= 0.6 is 0 Å². The van der Waals surface area contributed by atoms with E-state index in [1.54, 1.807) is 23.1 Å². The summed E-state index contributed by atoms with van der Waals surface area (Å²) in [5.41, 5.74) is 0.208. The number of para-hydroxylation sites is 1. The molecule has 2 aliphatic rings. The van der Waals surface area contributed by atoms with Crippen LogP contribution in [0.25, 0.3) is 0 Å². The molecule has 6 heteroatoms. The lowest BCUT2D eigenvalue weighted by Gasteiger charge is -2.44. The van der Waals surface area contributed by atoms with E-state index in [-0.39, 0.29) is 17.6 Å². The number of carbonyl (C=O) groups is 2. The van der Waals surface area contributed by atoms with Crippen LogP contribution in [0.1, 0.15) is 33.6 Å². The quantitative estimate of drug-likeness (QED) is 0.868. The molecule has 0 unspecified atom stereocenters. The third kappa shape index (κ3) is 2.84. The number of carbonyl (C=O) groups excluding carboxylic acids is 2. The molecule has 5 nitrogen and oxygen atoms in total. The summed E-state index contributed by atoms with van der Waals surface area (Å²) < 4.78 is 19.1. The van der Waals surface area contributed by atoms with Gasteiger partial charge < -0.3 is 15.0 Å². The van der Waals surface area contributed by atoms with Crippen LogP contribution < -0.4 is 10.1 Å². The molecule has 4 rings (SSSR count). The first kappa shape index (κ1) is 15.6. The van der Waals surface area contributed by atoms with Crippen molar-refractivity contribution in [2.75, 3.05) is 13.1 Å². The summed E-state index contributed by atoms with van der Waals surface area (Å²) in [5, 5.41) is 2.95. The minimum Gasteiger partial charge on any atom is -0.467 e. The molecular weight excluding hydrogens is 323 g/mol. The third-order valence-corrected chi connectivity index (χ3v) is 4.73. The number of hydrogen-bond acceptors (Lipinski definition) is 3. The van der Waals surface area contributed by atoms with Crippen LogP contribution in [0, 0.1) is 5.82 Å². The normalized spacial score (nSPS) is 18.3. The molecule has 2 aliphatic heterocycles. The Balaban J connectivity index is 1.47. The molecule has 0 aromatic heterocycles. The first-order valence-electron chi connectivity index (χ1n) is 8.22. The largest absolute Gasteiger partial charge is 0.467 e. The molecule has 1 fully saturated rings. The van der Waals surface area contributed by atoms with Crippen molar-refractivity contribution in [3.05, 3.63) is 65.5 Å². The van der Waals surface area contributed by atoms with Gasteiger partial charge in [-0.1, -0.05) is 12.1 Å². The molecular formula is C19H17FN2O3. The number of piperidine rings is 1. The van der Waals surface area contributed by atoms with Crippen LogP contribution in [0.3, 0.4) is 0 Å². The van der Waals surface area contributed by atoms with Crippen molar-refractivity contribution in [1.82, 2.24) is 10.2 Å². The maximum Gasteiger partial charge on any atom is 0.258 e. The Bertz CT molecular complexity index is 827. The molecule has 0 saturated carbocycles. The van der Waals surface area contributed by atoms with Gasteiger partial charge in [0.25, 0.3) is 11.8 Å². The number of likely N-dealkylation sites (tertiary alicyclic amines) is 1. The zero-order chi connectivity index (χ0) is 17.4. The molecule has 2 amide bonds. The minimum absolute atomic E-state index is 0.141. The topological polar surface area (TPSA) is 58.6 Å². The van der Waals surface area contributed by atoms with Gasteiger partial charge in [0.2, 0.25) is 0 Å². The number of benzene rings is 2. The van der Waals surface area contributed by atoms with Crippen LogP contribution in [-0.2, 0) is 0 Å². The summed E-state index contributed by atoms with van der Waals surface area (Å²) in [7, 11) is 0. The summed E-state index contributed by atoms with van der Waals surface area (Å²) in [6.45, 7) is 0.914. The zero-order valence-electron chi connectivity index (χ0n) is 13.5. The number of nitrogens with one attached hydrogen (secondary N) is 1. The predicted molar refractivity (Wildman–Crippen MR) is 88.8 cm³/mol. The number of halogens is 1. The van der Waals surface area contributed by atoms with Gasteiger partial charge >= 0.3 is 0 Å². The van der Waals surface area contributed by atoms with Crippen LogP contribution in [0.4, 0.5) is 4.39 Å². The highest BCUT2D eigenvalue weighted by atomic mass is 19.1. The summed E-state index contributed by atoms with van der Waals surface area (Å²) in [6.07, 6.45) is 1.00. The maximum atomic E-state index is 13.0. The van der Waals surface area contributed by atoms with Gasteiger partial charge in [0, 0.05) is 31.5 Å². The number of hydrogen-bond donors (Lipinski definition) is 1. The first-order valence-corrected chi connectivity index (χ1v) is 8.22. The second kappa shape index (κ2) is 5.88. The van der Waals surface area contributed by atoms with Crippen molar-refractivity contribution in [3.8, 4) is 5.75 Å². The second-order valence-electron chi connectivity index (χ2n) is 6.35. The molecule has 2 heterocycles. The highest BCUT2D eigenvalue weighted by molar-refractivity contribution is 5.98. The number of nitrogens with zero attached hydrogens (tertiary/aromatic N) is 1. The molecule has 1 N–H and O–H groups in total. The fraction of sp³-hybridized carbons (Fsp3) is 0.263. The van der Waals surface area contributed by atoms with E-state index in [4.69, 9.17) is 4.74 Å². The molecule has 0 radical (unpaired) electrons. The molecule has 2 aromatic rings. The van der Waals surface area contributed by atoms with Gasteiger partial charge in [-0.15, -0.1) is 0 Å². The van der Waals surface area contributed by atoms with Gasteiger partial charge in [-0.05, 0) is 36.4 Å².